The summed E-state index contributed by atoms with van der Waals surface area (Å²) < 4.78 is 20.4. The molecule has 1 aromatic carbocycles. The first-order valence-corrected chi connectivity index (χ1v) is 8.13. The van der Waals surface area contributed by atoms with Crippen molar-refractivity contribution in [2.24, 2.45) is 0 Å². The van der Waals surface area contributed by atoms with Crippen LogP contribution in [-0.2, 0) is 29.1 Å². The summed E-state index contributed by atoms with van der Waals surface area (Å²) in [6, 6.07) is 5.89. The lowest BCUT2D eigenvalue weighted by molar-refractivity contribution is -0.133. The van der Waals surface area contributed by atoms with Crippen LogP contribution in [0.4, 0.5) is 4.39 Å². The molecule has 3 rings (SSSR count). The second kappa shape index (κ2) is 7.09. The molecule has 0 spiro atoms. The Morgan fingerprint density at radius 2 is 2.04 bits per heavy atom. The van der Waals surface area contributed by atoms with Crippen molar-refractivity contribution in [3.8, 4) is 0 Å². The fourth-order valence-corrected chi connectivity index (χ4v) is 2.96. The molecular formula is C17H21FN4O2. The van der Waals surface area contributed by atoms with Crippen LogP contribution in [-0.4, -0.2) is 38.7 Å². The van der Waals surface area contributed by atoms with Crippen LogP contribution in [0, 0.1) is 5.82 Å². The Morgan fingerprint density at radius 1 is 1.29 bits per heavy atom. The van der Waals surface area contributed by atoms with E-state index in [-0.39, 0.29) is 24.2 Å². The molecule has 1 unspecified atom stereocenters. The number of aromatic nitrogens is 3. The van der Waals surface area contributed by atoms with E-state index in [2.05, 4.69) is 10.2 Å². The number of ether oxygens (including phenoxy) is 1. The van der Waals surface area contributed by atoms with Gasteiger partial charge in [-0.15, -0.1) is 10.2 Å². The van der Waals surface area contributed by atoms with Crippen LogP contribution in [0.25, 0.3) is 0 Å². The van der Waals surface area contributed by atoms with Crippen molar-refractivity contribution in [1.82, 2.24) is 19.7 Å². The van der Waals surface area contributed by atoms with Crippen molar-refractivity contribution in [1.29, 1.82) is 0 Å². The Bertz CT molecular complexity index is 714. The topological polar surface area (TPSA) is 60.3 Å². The van der Waals surface area contributed by atoms with Gasteiger partial charge in [-0.3, -0.25) is 4.79 Å². The minimum atomic E-state index is -0.299. The summed E-state index contributed by atoms with van der Waals surface area (Å²) in [5.74, 6) is 1.29. The number of hydrogen-bond donors (Lipinski definition) is 0. The summed E-state index contributed by atoms with van der Waals surface area (Å²) in [7, 11) is 0. The molecule has 0 aliphatic carbocycles. The lowest BCUT2D eigenvalue weighted by atomic mass is 10.1. The standard InChI is InChI=1S/C17H21FN4O2/c1-3-24-11-15-19-20-17-12(2)21(8-9-22(15)17)16(23)10-13-4-6-14(18)7-5-13/h4-7,12H,3,8-11H2,1-2H3. The van der Waals surface area contributed by atoms with Crippen LogP contribution in [0.2, 0.25) is 0 Å². The van der Waals surface area contributed by atoms with E-state index in [0.29, 0.717) is 26.3 Å². The van der Waals surface area contributed by atoms with Gasteiger partial charge in [-0.05, 0) is 31.5 Å². The third kappa shape index (κ3) is 3.31. The van der Waals surface area contributed by atoms with Crippen molar-refractivity contribution in [2.75, 3.05) is 13.2 Å². The molecule has 1 atom stereocenters. The summed E-state index contributed by atoms with van der Waals surface area (Å²) in [5, 5.41) is 8.41. The maximum atomic E-state index is 13.0. The zero-order chi connectivity index (χ0) is 17.1. The summed E-state index contributed by atoms with van der Waals surface area (Å²) >= 11 is 0. The number of amides is 1. The third-order valence-electron chi connectivity index (χ3n) is 4.29. The molecule has 0 saturated heterocycles. The van der Waals surface area contributed by atoms with Gasteiger partial charge in [0, 0.05) is 19.7 Å². The van der Waals surface area contributed by atoms with E-state index in [1.54, 1.807) is 17.0 Å². The molecule has 1 aromatic heterocycles. The van der Waals surface area contributed by atoms with E-state index in [1.807, 2.05) is 18.4 Å². The molecule has 24 heavy (non-hydrogen) atoms. The second-order valence-electron chi connectivity index (χ2n) is 5.83. The summed E-state index contributed by atoms with van der Waals surface area (Å²) in [6.07, 6.45) is 0.255. The van der Waals surface area contributed by atoms with Gasteiger partial charge >= 0.3 is 0 Å². The zero-order valence-electron chi connectivity index (χ0n) is 13.9. The molecule has 2 heterocycles. The molecule has 0 N–H and O–H groups in total. The molecule has 1 aliphatic rings. The fourth-order valence-electron chi connectivity index (χ4n) is 2.96. The minimum Gasteiger partial charge on any atom is -0.374 e. The lowest BCUT2D eigenvalue weighted by Crippen LogP contribution is -2.42. The lowest BCUT2D eigenvalue weighted by Gasteiger charge is -2.33. The predicted molar refractivity (Wildman–Crippen MR) is 85.6 cm³/mol. The van der Waals surface area contributed by atoms with Gasteiger partial charge in [0.25, 0.3) is 0 Å². The van der Waals surface area contributed by atoms with Crippen LogP contribution in [0.3, 0.4) is 0 Å². The molecule has 0 bridgehead atoms. The Labute approximate surface area is 140 Å². The highest BCUT2D eigenvalue weighted by Gasteiger charge is 2.31. The highest BCUT2D eigenvalue weighted by atomic mass is 19.1. The van der Waals surface area contributed by atoms with Gasteiger partial charge in [0.1, 0.15) is 12.4 Å². The number of halogens is 1. The van der Waals surface area contributed by atoms with Crippen LogP contribution in [0.5, 0.6) is 0 Å². The van der Waals surface area contributed by atoms with Gasteiger partial charge in [-0.2, -0.15) is 0 Å². The van der Waals surface area contributed by atoms with E-state index in [0.717, 1.165) is 17.2 Å². The summed E-state index contributed by atoms with van der Waals surface area (Å²) in [4.78, 5) is 14.4. The van der Waals surface area contributed by atoms with Crippen molar-refractivity contribution in [3.05, 3.63) is 47.3 Å². The van der Waals surface area contributed by atoms with Crippen LogP contribution in [0.1, 0.15) is 37.1 Å². The molecule has 7 heteroatoms. The van der Waals surface area contributed by atoms with Crippen LogP contribution in [0.15, 0.2) is 24.3 Å². The first-order chi connectivity index (χ1) is 11.6. The number of carbonyl (C=O) groups excluding carboxylic acids is 1. The molecule has 0 fully saturated rings. The molecule has 0 radical (unpaired) electrons. The van der Waals surface area contributed by atoms with Crippen molar-refractivity contribution >= 4 is 5.91 Å². The van der Waals surface area contributed by atoms with Crippen molar-refractivity contribution in [3.63, 3.8) is 0 Å². The smallest absolute Gasteiger partial charge is 0.227 e. The van der Waals surface area contributed by atoms with E-state index in [9.17, 15) is 9.18 Å². The fraction of sp³-hybridized carbons (Fsp3) is 0.471. The highest BCUT2D eigenvalue weighted by Crippen LogP contribution is 2.25. The Morgan fingerprint density at radius 3 is 2.75 bits per heavy atom. The molecule has 6 nitrogen and oxygen atoms in total. The van der Waals surface area contributed by atoms with Gasteiger partial charge in [0.15, 0.2) is 11.6 Å². The average molecular weight is 332 g/mol. The number of benzene rings is 1. The molecule has 128 valence electrons. The molecule has 2 aromatic rings. The van der Waals surface area contributed by atoms with E-state index >= 15 is 0 Å². The van der Waals surface area contributed by atoms with Gasteiger partial charge < -0.3 is 14.2 Å². The van der Waals surface area contributed by atoms with Gasteiger partial charge in [-0.1, -0.05) is 12.1 Å². The third-order valence-corrected chi connectivity index (χ3v) is 4.29. The Hall–Kier alpha value is -2.28. The van der Waals surface area contributed by atoms with Gasteiger partial charge in [0.05, 0.1) is 12.5 Å². The Balaban J connectivity index is 1.71. The summed E-state index contributed by atoms with van der Waals surface area (Å²) in [6.45, 7) is 6.20. The van der Waals surface area contributed by atoms with E-state index < -0.39 is 0 Å². The quantitative estimate of drug-likeness (QED) is 0.841. The molecule has 1 amide bonds. The Kier molecular flexibility index (Phi) is 4.89. The van der Waals surface area contributed by atoms with E-state index in [1.165, 1.54) is 12.1 Å². The van der Waals surface area contributed by atoms with Crippen LogP contribution >= 0.6 is 0 Å². The summed E-state index contributed by atoms with van der Waals surface area (Å²) in [5.41, 5.74) is 0.803. The number of nitrogens with zero attached hydrogens (tertiary/aromatic N) is 4. The predicted octanol–water partition coefficient (Wildman–Crippen LogP) is 2.10. The molecule has 1 aliphatic heterocycles. The first-order valence-electron chi connectivity index (χ1n) is 8.13. The monoisotopic (exact) mass is 332 g/mol. The number of carbonyl (C=O) groups is 1. The maximum absolute atomic E-state index is 13.0. The highest BCUT2D eigenvalue weighted by molar-refractivity contribution is 5.79. The second-order valence-corrected chi connectivity index (χ2v) is 5.83. The first kappa shape index (κ1) is 16.6. The van der Waals surface area contributed by atoms with Crippen LogP contribution < -0.4 is 0 Å². The number of rotatable bonds is 5. The minimum absolute atomic E-state index is 0.00900. The molecule has 0 saturated carbocycles. The van der Waals surface area contributed by atoms with Gasteiger partial charge in [-0.25, -0.2) is 4.39 Å². The number of hydrogen-bond acceptors (Lipinski definition) is 4. The molecular weight excluding hydrogens is 311 g/mol. The zero-order valence-corrected chi connectivity index (χ0v) is 13.9. The SMILES string of the molecule is CCOCc1nnc2n1CCN(C(=O)Cc1ccc(F)cc1)C2C. The number of fused-ring (bicyclic) bond motifs is 1. The largest absolute Gasteiger partial charge is 0.374 e. The van der Waals surface area contributed by atoms with Crippen molar-refractivity contribution < 1.29 is 13.9 Å². The van der Waals surface area contributed by atoms with Crippen molar-refractivity contribution in [2.45, 2.75) is 39.5 Å². The average Bonchev–Trinajstić information content (AvgIpc) is 2.99. The maximum Gasteiger partial charge on any atom is 0.227 e. The van der Waals surface area contributed by atoms with E-state index in [4.69, 9.17) is 4.74 Å². The van der Waals surface area contributed by atoms with Gasteiger partial charge in [0.2, 0.25) is 5.91 Å². The normalized spacial score (nSPS) is 17.0.